The molecular weight excluding hydrogens is 316 g/mol. The highest BCUT2D eigenvalue weighted by Crippen LogP contribution is 2.14. The highest BCUT2D eigenvalue weighted by atomic mass is 32.2. The molecule has 22 heavy (non-hydrogen) atoms. The third-order valence-corrected chi connectivity index (χ3v) is 4.75. The van der Waals surface area contributed by atoms with Crippen LogP contribution in [-0.4, -0.2) is 40.9 Å². The smallest absolute Gasteiger partial charge is 0.240 e. The van der Waals surface area contributed by atoms with E-state index >= 15 is 0 Å². The SMILES string of the molecule is O=S(=O)(NCCCOC[C@@H]1CCCO1)c1ccc(F)c(F)c1. The zero-order valence-corrected chi connectivity index (χ0v) is 12.9. The fourth-order valence-corrected chi connectivity index (χ4v) is 3.18. The third kappa shape index (κ3) is 4.98. The predicted octanol–water partition coefficient (Wildman–Crippen LogP) is 1.83. The van der Waals surface area contributed by atoms with Crippen LogP contribution < -0.4 is 4.72 Å². The molecule has 124 valence electrons. The minimum Gasteiger partial charge on any atom is -0.379 e. The van der Waals surface area contributed by atoms with Crippen LogP contribution in [0.25, 0.3) is 0 Å². The first kappa shape index (κ1) is 17.3. The van der Waals surface area contributed by atoms with Crippen LogP contribution in [0.5, 0.6) is 0 Å². The Morgan fingerprint density at radius 1 is 1.32 bits per heavy atom. The van der Waals surface area contributed by atoms with Gasteiger partial charge < -0.3 is 9.47 Å². The van der Waals surface area contributed by atoms with Crippen molar-refractivity contribution in [2.45, 2.75) is 30.3 Å². The van der Waals surface area contributed by atoms with Gasteiger partial charge in [-0.3, -0.25) is 0 Å². The van der Waals surface area contributed by atoms with E-state index in [0.29, 0.717) is 25.7 Å². The van der Waals surface area contributed by atoms with Crippen LogP contribution in [0, 0.1) is 11.6 Å². The van der Waals surface area contributed by atoms with Gasteiger partial charge in [0.15, 0.2) is 11.6 Å². The summed E-state index contributed by atoms with van der Waals surface area (Å²) in [6.45, 7) is 1.84. The van der Waals surface area contributed by atoms with Crippen molar-refractivity contribution in [3.63, 3.8) is 0 Å². The minimum atomic E-state index is -3.84. The summed E-state index contributed by atoms with van der Waals surface area (Å²) in [4.78, 5) is -0.299. The molecule has 8 heteroatoms. The summed E-state index contributed by atoms with van der Waals surface area (Å²) >= 11 is 0. The summed E-state index contributed by atoms with van der Waals surface area (Å²) in [5, 5.41) is 0. The maximum atomic E-state index is 13.0. The van der Waals surface area contributed by atoms with Crippen molar-refractivity contribution >= 4 is 10.0 Å². The van der Waals surface area contributed by atoms with Crippen LogP contribution in [0.4, 0.5) is 8.78 Å². The van der Waals surface area contributed by atoms with Crippen LogP contribution in [0.15, 0.2) is 23.1 Å². The van der Waals surface area contributed by atoms with Crippen LogP contribution >= 0.6 is 0 Å². The highest BCUT2D eigenvalue weighted by molar-refractivity contribution is 7.89. The molecule has 0 bridgehead atoms. The zero-order valence-electron chi connectivity index (χ0n) is 12.1. The number of sulfonamides is 1. The molecule has 1 atom stereocenters. The molecule has 2 rings (SSSR count). The fourth-order valence-electron chi connectivity index (χ4n) is 2.10. The normalized spacial score (nSPS) is 18.7. The van der Waals surface area contributed by atoms with E-state index in [2.05, 4.69) is 4.72 Å². The molecule has 1 aromatic rings. The van der Waals surface area contributed by atoms with Gasteiger partial charge in [0.25, 0.3) is 0 Å². The summed E-state index contributed by atoms with van der Waals surface area (Å²) in [7, 11) is -3.84. The molecule has 0 aliphatic carbocycles. The van der Waals surface area contributed by atoms with Crippen molar-refractivity contribution in [1.29, 1.82) is 0 Å². The molecule has 0 radical (unpaired) electrons. The average Bonchev–Trinajstić information content (AvgIpc) is 2.98. The molecule has 0 amide bonds. The van der Waals surface area contributed by atoms with E-state index in [0.717, 1.165) is 31.6 Å². The summed E-state index contributed by atoms with van der Waals surface area (Å²) in [5.41, 5.74) is 0. The van der Waals surface area contributed by atoms with E-state index in [1.807, 2.05) is 0 Å². The molecule has 0 saturated carbocycles. The van der Waals surface area contributed by atoms with Gasteiger partial charge in [-0.1, -0.05) is 0 Å². The van der Waals surface area contributed by atoms with Crippen LogP contribution in [-0.2, 0) is 19.5 Å². The van der Waals surface area contributed by atoms with Crippen LogP contribution in [0.3, 0.4) is 0 Å². The molecule has 5 nitrogen and oxygen atoms in total. The Balaban J connectivity index is 1.69. The molecule has 0 spiro atoms. The van der Waals surface area contributed by atoms with Gasteiger partial charge in [0.05, 0.1) is 17.6 Å². The van der Waals surface area contributed by atoms with Gasteiger partial charge in [-0.15, -0.1) is 0 Å². The van der Waals surface area contributed by atoms with Gasteiger partial charge in [0.1, 0.15) is 0 Å². The lowest BCUT2D eigenvalue weighted by Crippen LogP contribution is -2.26. The maximum Gasteiger partial charge on any atom is 0.240 e. The van der Waals surface area contributed by atoms with Gasteiger partial charge in [0.2, 0.25) is 10.0 Å². The third-order valence-electron chi connectivity index (χ3n) is 3.29. The maximum absolute atomic E-state index is 13.0. The van der Waals surface area contributed by atoms with Crippen molar-refractivity contribution in [3.05, 3.63) is 29.8 Å². The molecule has 1 aromatic carbocycles. The van der Waals surface area contributed by atoms with E-state index in [-0.39, 0.29) is 17.5 Å². The number of halogens is 2. The van der Waals surface area contributed by atoms with E-state index in [1.54, 1.807) is 0 Å². The number of hydrogen-bond donors (Lipinski definition) is 1. The second kappa shape index (κ2) is 7.96. The Morgan fingerprint density at radius 2 is 2.14 bits per heavy atom. The first-order valence-electron chi connectivity index (χ1n) is 7.13. The first-order chi connectivity index (χ1) is 10.5. The number of rotatable bonds is 8. The number of hydrogen-bond acceptors (Lipinski definition) is 4. The Morgan fingerprint density at radius 3 is 2.82 bits per heavy atom. The van der Waals surface area contributed by atoms with Crippen molar-refractivity contribution in [3.8, 4) is 0 Å². The molecule has 0 aromatic heterocycles. The minimum absolute atomic E-state index is 0.138. The molecule has 1 aliphatic rings. The molecule has 1 N–H and O–H groups in total. The second-order valence-corrected chi connectivity index (χ2v) is 6.80. The summed E-state index contributed by atoms with van der Waals surface area (Å²) in [6.07, 6.45) is 2.65. The van der Waals surface area contributed by atoms with Crippen molar-refractivity contribution in [1.82, 2.24) is 4.72 Å². The molecule has 1 saturated heterocycles. The number of ether oxygens (including phenoxy) is 2. The van der Waals surface area contributed by atoms with Gasteiger partial charge in [-0.25, -0.2) is 21.9 Å². The second-order valence-electron chi connectivity index (χ2n) is 5.04. The van der Waals surface area contributed by atoms with Gasteiger partial charge in [-0.05, 0) is 37.5 Å². The molecular formula is C14H19F2NO4S. The standard InChI is InChI=1S/C14H19F2NO4S/c15-13-5-4-12(9-14(13)16)22(18,19)17-6-2-7-20-10-11-3-1-8-21-11/h4-5,9,11,17H,1-3,6-8,10H2/t11-/m0/s1. The Hall–Kier alpha value is -1.09. The fraction of sp³-hybridized carbons (Fsp3) is 0.571. The van der Waals surface area contributed by atoms with Crippen molar-refractivity contribution < 1.29 is 26.7 Å². The summed E-state index contributed by atoms with van der Waals surface area (Å²) < 4.78 is 62.7. The topological polar surface area (TPSA) is 64.6 Å². The van der Waals surface area contributed by atoms with E-state index < -0.39 is 21.7 Å². The predicted molar refractivity (Wildman–Crippen MR) is 76.0 cm³/mol. The zero-order chi connectivity index (χ0) is 16.0. The Bertz CT molecular complexity index is 589. The lowest BCUT2D eigenvalue weighted by molar-refractivity contribution is 0.0169. The van der Waals surface area contributed by atoms with E-state index in [4.69, 9.17) is 9.47 Å². The lowest BCUT2D eigenvalue weighted by Gasteiger charge is -2.10. The van der Waals surface area contributed by atoms with Gasteiger partial charge >= 0.3 is 0 Å². The molecule has 0 unspecified atom stereocenters. The monoisotopic (exact) mass is 335 g/mol. The lowest BCUT2D eigenvalue weighted by atomic mass is 10.2. The van der Waals surface area contributed by atoms with E-state index in [1.165, 1.54) is 0 Å². The number of nitrogens with one attached hydrogen (secondary N) is 1. The van der Waals surface area contributed by atoms with Crippen molar-refractivity contribution in [2.75, 3.05) is 26.4 Å². The average molecular weight is 335 g/mol. The summed E-state index contributed by atoms with van der Waals surface area (Å²) in [5.74, 6) is -2.27. The Kier molecular flexibility index (Phi) is 6.25. The van der Waals surface area contributed by atoms with Gasteiger partial charge in [-0.2, -0.15) is 0 Å². The van der Waals surface area contributed by atoms with E-state index in [9.17, 15) is 17.2 Å². The quantitative estimate of drug-likeness (QED) is 0.736. The Labute approximate surface area is 128 Å². The molecule has 1 fully saturated rings. The largest absolute Gasteiger partial charge is 0.379 e. The highest BCUT2D eigenvalue weighted by Gasteiger charge is 2.17. The van der Waals surface area contributed by atoms with Gasteiger partial charge in [0, 0.05) is 19.8 Å². The molecule has 1 heterocycles. The molecule has 1 aliphatic heterocycles. The van der Waals surface area contributed by atoms with Crippen LogP contribution in [0.1, 0.15) is 19.3 Å². The van der Waals surface area contributed by atoms with Crippen molar-refractivity contribution in [2.24, 2.45) is 0 Å². The summed E-state index contributed by atoms with van der Waals surface area (Å²) in [6, 6.07) is 2.47. The first-order valence-corrected chi connectivity index (χ1v) is 8.61. The van der Waals surface area contributed by atoms with Crippen LogP contribution in [0.2, 0.25) is 0 Å². The number of benzene rings is 1.